The number of ether oxygens (including phenoxy) is 1. The SMILES string of the molecule is COc1ccc(CCN2C(=O)CC(N(C)Cc3ccc(C#N)cc3)C2=O)cc1. The molecule has 0 aliphatic carbocycles. The number of hydrogen-bond acceptors (Lipinski definition) is 5. The first-order valence-electron chi connectivity index (χ1n) is 9.18. The monoisotopic (exact) mass is 377 g/mol. The molecule has 0 spiro atoms. The summed E-state index contributed by atoms with van der Waals surface area (Å²) in [5, 5.41) is 8.88. The van der Waals surface area contributed by atoms with Gasteiger partial charge in [-0.25, -0.2) is 0 Å². The number of likely N-dealkylation sites (N-methyl/N-ethyl adjacent to an activating group) is 1. The van der Waals surface area contributed by atoms with E-state index in [1.165, 1.54) is 4.90 Å². The summed E-state index contributed by atoms with van der Waals surface area (Å²) >= 11 is 0. The smallest absolute Gasteiger partial charge is 0.247 e. The molecule has 28 heavy (non-hydrogen) atoms. The summed E-state index contributed by atoms with van der Waals surface area (Å²) in [6.45, 7) is 0.924. The van der Waals surface area contributed by atoms with Crippen molar-refractivity contribution in [1.29, 1.82) is 5.26 Å². The van der Waals surface area contributed by atoms with E-state index in [2.05, 4.69) is 6.07 Å². The van der Waals surface area contributed by atoms with Crippen molar-refractivity contribution in [2.45, 2.75) is 25.4 Å². The Morgan fingerprint density at radius 2 is 1.75 bits per heavy atom. The van der Waals surface area contributed by atoms with E-state index in [4.69, 9.17) is 10.00 Å². The Kier molecular flexibility index (Phi) is 6.07. The summed E-state index contributed by atoms with van der Waals surface area (Å²) in [5.74, 6) is 0.506. The van der Waals surface area contributed by atoms with Crippen LogP contribution in [0.1, 0.15) is 23.1 Å². The van der Waals surface area contributed by atoms with Crippen molar-refractivity contribution in [1.82, 2.24) is 9.80 Å². The number of carbonyl (C=O) groups excluding carboxylic acids is 2. The van der Waals surface area contributed by atoms with Gasteiger partial charge in [0.2, 0.25) is 11.8 Å². The number of methoxy groups -OCH3 is 1. The number of nitrogens with zero attached hydrogens (tertiary/aromatic N) is 3. The summed E-state index contributed by atoms with van der Waals surface area (Å²) in [4.78, 5) is 28.4. The van der Waals surface area contributed by atoms with Gasteiger partial charge in [-0.05, 0) is 48.9 Å². The molecular formula is C22H23N3O3. The highest BCUT2D eigenvalue weighted by atomic mass is 16.5. The molecule has 1 atom stereocenters. The third kappa shape index (κ3) is 4.38. The predicted octanol–water partition coefficient (Wildman–Crippen LogP) is 2.37. The molecule has 0 bridgehead atoms. The van der Waals surface area contributed by atoms with Gasteiger partial charge in [0.25, 0.3) is 0 Å². The van der Waals surface area contributed by atoms with Gasteiger partial charge < -0.3 is 4.74 Å². The Hall–Kier alpha value is -3.17. The van der Waals surface area contributed by atoms with Crippen molar-refractivity contribution in [3.63, 3.8) is 0 Å². The zero-order chi connectivity index (χ0) is 20.1. The number of amides is 2. The van der Waals surface area contributed by atoms with Gasteiger partial charge in [-0.2, -0.15) is 5.26 Å². The van der Waals surface area contributed by atoms with E-state index in [1.54, 1.807) is 19.2 Å². The fourth-order valence-corrected chi connectivity index (χ4v) is 3.36. The van der Waals surface area contributed by atoms with E-state index in [-0.39, 0.29) is 18.2 Å². The second-order valence-corrected chi connectivity index (χ2v) is 6.93. The lowest BCUT2D eigenvalue weighted by atomic mass is 10.1. The molecule has 144 valence electrons. The van der Waals surface area contributed by atoms with Gasteiger partial charge in [-0.1, -0.05) is 24.3 Å². The van der Waals surface area contributed by atoms with Crippen LogP contribution in [-0.4, -0.2) is 48.4 Å². The van der Waals surface area contributed by atoms with Crippen molar-refractivity contribution >= 4 is 11.8 Å². The van der Waals surface area contributed by atoms with Gasteiger partial charge in [0.15, 0.2) is 0 Å². The standard InChI is InChI=1S/C22H23N3O3/c1-24(15-18-5-3-17(14-23)4-6-18)20-13-21(26)25(22(20)27)12-11-16-7-9-19(28-2)10-8-16/h3-10,20H,11-13,15H2,1-2H3. The maximum atomic E-state index is 12.8. The first-order valence-corrected chi connectivity index (χ1v) is 9.18. The number of likely N-dealkylation sites (tertiary alicyclic amines) is 1. The minimum Gasteiger partial charge on any atom is -0.497 e. The van der Waals surface area contributed by atoms with Gasteiger partial charge in [0.05, 0.1) is 31.2 Å². The highest BCUT2D eigenvalue weighted by Gasteiger charge is 2.40. The van der Waals surface area contributed by atoms with Gasteiger partial charge in [0.1, 0.15) is 5.75 Å². The maximum absolute atomic E-state index is 12.8. The minimum absolute atomic E-state index is 0.129. The number of imide groups is 1. The van der Waals surface area contributed by atoms with Crippen molar-refractivity contribution in [3.05, 3.63) is 65.2 Å². The van der Waals surface area contributed by atoms with E-state index in [1.807, 2.05) is 48.3 Å². The molecule has 3 rings (SSSR count). The first kappa shape index (κ1) is 19.6. The second-order valence-electron chi connectivity index (χ2n) is 6.93. The molecule has 1 fully saturated rings. The molecule has 1 saturated heterocycles. The fourth-order valence-electron chi connectivity index (χ4n) is 3.36. The molecule has 0 aromatic heterocycles. The van der Waals surface area contributed by atoms with Crippen molar-refractivity contribution < 1.29 is 14.3 Å². The molecule has 0 radical (unpaired) electrons. The highest BCUT2D eigenvalue weighted by molar-refractivity contribution is 6.05. The average Bonchev–Trinajstić information content (AvgIpc) is 3.01. The lowest BCUT2D eigenvalue weighted by Gasteiger charge is -2.23. The first-order chi connectivity index (χ1) is 13.5. The number of nitriles is 1. The molecule has 1 aliphatic rings. The Labute approximate surface area is 164 Å². The predicted molar refractivity (Wildman–Crippen MR) is 104 cm³/mol. The summed E-state index contributed by atoms with van der Waals surface area (Å²) < 4.78 is 5.14. The highest BCUT2D eigenvalue weighted by Crippen LogP contribution is 2.21. The van der Waals surface area contributed by atoms with Crippen LogP contribution in [0.15, 0.2) is 48.5 Å². The van der Waals surface area contributed by atoms with E-state index < -0.39 is 6.04 Å². The van der Waals surface area contributed by atoms with Crippen molar-refractivity contribution in [2.24, 2.45) is 0 Å². The van der Waals surface area contributed by atoms with Gasteiger partial charge in [0, 0.05) is 13.1 Å². The van der Waals surface area contributed by atoms with Crippen LogP contribution in [0, 0.1) is 11.3 Å². The van der Waals surface area contributed by atoms with Crippen LogP contribution in [0.25, 0.3) is 0 Å². The summed E-state index contributed by atoms with van der Waals surface area (Å²) in [6, 6.07) is 16.5. The average molecular weight is 377 g/mol. The Balaban J connectivity index is 1.59. The topological polar surface area (TPSA) is 73.6 Å². The summed E-state index contributed by atoms with van der Waals surface area (Å²) in [7, 11) is 3.46. The molecule has 0 saturated carbocycles. The largest absolute Gasteiger partial charge is 0.497 e. The quantitative estimate of drug-likeness (QED) is 0.693. The fraction of sp³-hybridized carbons (Fsp3) is 0.318. The molecular weight excluding hydrogens is 354 g/mol. The molecule has 2 amide bonds. The van der Waals surface area contributed by atoms with Crippen LogP contribution in [0.3, 0.4) is 0 Å². The van der Waals surface area contributed by atoms with E-state index in [0.717, 1.165) is 16.9 Å². The van der Waals surface area contributed by atoms with Crippen LogP contribution >= 0.6 is 0 Å². The summed E-state index contributed by atoms with van der Waals surface area (Å²) in [5.41, 5.74) is 2.65. The molecule has 1 unspecified atom stereocenters. The Bertz CT molecular complexity index is 885. The number of carbonyl (C=O) groups is 2. The van der Waals surface area contributed by atoms with Gasteiger partial charge in [-0.15, -0.1) is 0 Å². The Morgan fingerprint density at radius 1 is 1.11 bits per heavy atom. The molecule has 6 nitrogen and oxygen atoms in total. The maximum Gasteiger partial charge on any atom is 0.247 e. The molecule has 0 N–H and O–H groups in total. The third-order valence-electron chi connectivity index (χ3n) is 5.05. The summed E-state index contributed by atoms with van der Waals surface area (Å²) in [6.07, 6.45) is 0.821. The Morgan fingerprint density at radius 3 is 2.36 bits per heavy atom. The zero-order valence-electron chi connectivity index (χ0n) is 16.1. The van der Waals surface area contributed by atoms with E-state index >= 15 is 0 Å². The van der Waals surface area contributed by atoms with Crippen molar-refractivity contribution in [2.75, 3.05) is 20.7 Å². The second kappa shape index (κ2) is 8.68. The normalized spacial score (nSPS) is 16.5. The molecule has 2 aromatic carbocycles. The van der Waals surface area contributed by atoms with Crippen LogP contribution in [0.5, 0.6) is 5.75 Å². The van der Waals surface area contributed by atoms with Crippen LogP contribution in [-0.2, 0) is 22.6 Å². The lowest BCUT2D eigenvalue weighted by Crippen LogP contribution is -2.40. The van der Waals surface area contributed by atoms with Crippen LogP contribution in [0.2, 0.25) is 0 Å². The molecule has 1 heterocycles. The zero-order valence-corrected chi connectivity index (χ0v) is 16.1. The molecule has 1 aliphatic heterocycles. The van der Waals surface area contributed by atoms with Gasteiger partial charge >= 0.3 is 0 Å². The van der Waals surface area contributed by atoms with E-state index in [9.17, 15) is 9.59 Å². The minimum atomic E-state index is -0.445. The van der Waals surface area contributed by atoms with Crippen LogP contribution in [0.4, 0.5) is 0 Å². The molecule has 2 aromatic rings. The number of hydrogen-bond donors (Lipinski definition) is 0. The lowest BCUT2D eigenvalue weighted by molar-refractivity contribution is -0.139. The van der Waals surface area contributed by atoms with Crippen molar-refractivity contribution in [3.8, 4) is 11.8 Å². The molecule has 6 heteroatoms. The van der Waals surface area contributed by atoms with Gasteiger partial charge in [-0.3, -0.25) is 19.4 Å². The number of rotatable bonds is 7. The third-order valence-corrected chi connectivity index (χ3v) is 5.05. The number of benzene rings is 2. The van der Waals surface area contributed by atoms with Crippen LogP contribution < -0.4 is 4.74 Å². The van der Waals surface area contributed by atoms with E-state index in [0.29, 0.717) is 25.1 Å².